The van der Waals surface area contributed by atoms with E-state index in [0.29, 0.717) is 0 Å². The molecule has 0 aliphatic carbocycles. The zero-order chi connectivity index (χ0) is 5.21. The first-order valence-electron chi connectivity index (χ1n) is 1.09. The highest BCUT2D eigenvalue weighted by molar-refractivity contribution is 9.09. The molecule has 0 aromatic carbocycles. The van der Waals surface area contributed by atoms with Crippen LogP contribution >= 0.6 is 15.9 Å². The molecule has 1 nitrogen and oxygen atoms in total. The van der Waals surface area contributed by atoms with Crippen molar-refractivity contribution in [3.63, 3.8) is 0 Å². The first-order valence-corrected chi connectivity index (χ1v) is 2.21. The molecule has 0 rings (SSSR count). The Hall–Kier alpha value is 0.230. The summed E-state index contributed by atoms with van der Waals surface area (Å²) in [5.74, 6) is 0. The van der Waals surface area contributed by atoms with Gasteiger partial charge in [-0.1, -0.05) is 0 Å². The standard InChI is InChI=1S/CH2BrF3N/c2-1-6(3,4)5/h1H2/q+1. The topological polar surface area (TPSA) is 0 Å². The molecule has 0 saturated carbocycles. The fraction of sp³-hybridized carbons (Fsp3) is 1.00. The van der Waals surface area contributed by atoms with Crippen molar-refractivity contribution in [3.05, 3.63) is 0 Å². The van der Waals surface area contributed by atoms with E-state index in [1.807, 2.05) is 0 Å². The second kappa shape index (κ2) is 1.79. The van der Waals surface area contributed by atoms with E-state index in [1.165, 1.54) is 0 Å². The molecule has 0 aromatic rings. The number of rotatable bonds is 1. The lowest BCUT2D eigenvalue weighted by Gasteiger charge is -1.89. The SMILES string of the molecule is F[N+](F)(F)CBr. The van der Waals surface area contributed by atoms with Crippen LogP contribution in [0.2, 0.25) is 0 Å². The van der Waals surface area contributed by atoms with E-state index in [2.05, 4.69) is 15.9 Å². The van der Waals surface area contributed by atoms with Gasteiger partial charge in [0.25, 0.3) is 10.6 Å². The summed E-state index contributed by atoms with van der Waals surface area (Å²) in [5.41, 5.74) is -0.979. The molecule has 0 spiro atoms. The van der Waals surface area contributed by atoms with Gasteiger partial charge in [0.05, 0.1) is 13.4 Å². The number of hydrogen-bond acceptors (Lipinski definition) is 0. The molecule has 0 amide bonds. The summed E-state index contributed by atoms with van der Waals surface area (Å²) in [5, 5.41) is -3.51. The minimum atomic E-state index is -3.51. The third-order valence-corrected chi connectivity index (χ3v) is 0.704. The summed E-state index contributed by atoms with van der Waals surface area (Å²) in [7, 11) is 0. The number of quaternary nitrogens is 1. The van der Waals surface area contributed by atoms with Crippen molar-refractivity contribution >= 4 is 15.9 Å². The van der Waals surface area contributed by atoms with Crippen LogP contribution in [0.4, 0.5) is 13.4 Å². The predicted octanol–water partition coefficient (Wildman–Crippen LogP) is 1.81. The van der Waals surface area contributed by atoms with Crippen molar-refractivity contribution in [2.75, 3.05) is 5.45 Å². The second-order valence-corrected chi connectivity index (χ2v) is 1.17. The zero-order valence-corrected chi connectivity index (χ0v) is 4.25. The van der Waals surface area contributed by atoms with Crippen LogP contribution in [-0.2, 0) is 0 Å². The van der Waals surface area contributed by atoms with Crippen LogP contribution in [0.1, 0.15) is 0 Å². The summed E-state index contributed by atoms with van der Waals surface area (Å²) in [6, 6.07) is 0. The van der Waals surface area contributed by atoms with E-state index < -0.39 is 10.6 Å². The summed E-state index contributed by atoms with van der Waals surface area (Å²) in [6.45, 7) is 0. The normalized spacial score (nSPS) is 12.0. The van der Waals surface area contributed by atoms with Crippen LogP contribution in [0.15, 0.2) is 0 Å². The maximum atomic E-state index is 10.7. The van der Waals surface area contributed by atoms with Crippen LogP contribution in [0.25, 0.3) is 0 Å². The molecule has 0 N–H and O–H groups in total. The molecule has 0 fully saturated rings. The molecule has 38 valence electrons. The average Bonchev–Trinajstić information content (AvgIpc) is 1.35. The first-order chi connectivity index (χ1) is 2.56. The summed E-state index contributed by atoms with van der Waals surface area (Å²) in [6.07, 6.45) is 0. The number of hydrogen-bond donors (Lipinski definition) is 0. The molecule has 5 heteroatoms. The van der Waals surface area contributed by atoms with Crippen LogP contribution in [0.3, 0.4) is 0 Å². The van der Waals surface area contributed by atoms with Gasteiger partial charge in [-0.05, 0) is 15.9 Å². The Morgan fingerprint density at radius 3 is 1.50 bits per heavy atom. The molecule has 0 heterocycles. The highest BCUT2D eigenvalue weighted by Gasteiger charge is 2.27. The molecule has 6 heavy (non-hydrogen) atoms. The number of alkyl halides is 1. The van der Waals surface area contributed by atoms with Crippen molar-refractivity contribution in [1.82, 2.24) is 0 Å². The molecule has 0 aliphatic rings. The van der Waals surface area contributed by atoms with Crippen LogP contribution in [0, 0.1) is 0 Å². The fourth-order valence-electron chi connectivity index (χ4n) is 0. The van der Waals surface area contributed by atoms with Gasteiger partial charge in [-0.25, -0.2) is 0 Å². The Kier molecular flexibility index (Phi) is 1.86. The molecule has 0 unspecified atom stereocenters. The van der Waals surface area contributed by atoms with Crippen molar-refractivity contribution in [3.8, 4) is 0 Å². The van der Waals surface area contributed by atoms with Crippen molar-refractivity contribution in [2.45, 2.75) is 0 Å². The van der Waals surface area contributed by atoms with Crippen molar-refractivity contribution < 1.29 is 18.6 Å². The van der Waals surface area contributed by atoms with E-state index >= 15 is 0 Å². The van der Waals surface area contributed by atoms with Crippen molar-refractivity contribution in [2.24, 2.45) is 0 Å². The van der Waals surface area contributed by atoms with Gasteiger partial charge in [-0.15, -0.1) is 0 Å². The molecule has 0 saturated heterocycles. The minimum absolute atomic E-state index is 0.979. The van der Waals surface area contributed by atoms with E-state index in [1.54, 1.807) is 0 Å². The predicted molar refractivity (Wildman–Crippen MR) is 17.4 cm³/mol. The quantitative estimate of drug-likeness (QED) is 0.315. The molecule has 0 bridgehead atoms. The van der Waals surface area contributed by atoms with Gasteiger partial charge >= 0.3 is 0 Å². The first kappa shape index (κ1) is 6.23. The molecule has 0 aromatic heterocycles. The lowest BCUT2D eigenvalue weighted by molar-refractivity contribution is -1.26. The van der Waals surface area contributed by atoms with Crippen molar-refractivity contribution in [1.29, 1.82) is 0 Å². The third-order valence-electron chi connectivity index (χ3n) is 0.136. The van der Waals surface area contributed by atoms with E-state index in [0.717, 1.165) is 0 Å². The number of nitrogens with zero attached hydrogens (tertiary/aromatic N) is 1. The van der Waals surface area contributed by atoms with Crippen LogP contribution in [0.5, 0.6) is 0 Å². The summed E-state index contributed by atoms with van der Waals surface area (Å²) in [4.78, 5) is 0. The number of halogens is 4. The highest BCUT2D eigenvalue weighted by Crippen LogP contribution is 2.11. The van der Waals surface area contributed by atoms with Gasteiger partial charge in [0, 0.05) is 0 Å². The van der Waals surface area contributed by atoms with Gasteiger partial charge in [-0.2, -0.15) is 0 Å². The van der Waals surface area contributed by atoms with E-state index in [-0.39, 0.29) is 0 Å². The van der Waals surface area contributed by atoms with Gasteiger partial charge in [0.2, 0.25) is 0 Å². The smallest absolute Gasteiger partial charge is 0.0131 e. The maximum absolute atomic E-state index is 10.7. The Morgan fingerprint density at radius 1 is 1.33 bits per heavy atom. The highest BCUT2D eigenvalue weighted by atomic mass is 79.9. The summed E-state index contributed by atoms with van der Waals surface area (Å²) >= 11 is 2.22. The van der Waals surface area contributed by atoms with Gasteiger partial charge < -0.3 is 0 Å². The minimum Gasteiger partial charge on any atom is -0.0131 e. The van der Waals surface area contributed by atoms with Crippen LogP contribution in [-0.4, -0.2) is 10.6 Å². The van der Waals surface area contributed by atoms with E-state index in [9.17, 15) is 13.4 Å². The van der Waals surface area contributed by atoms with E-state index in [4.69, 9.17) is 0 Å². The van der Waals surface area contributed by atoms with Gasteiger partial charge in [0.1, 0.15) is 0 Å². The van der Waals surface area contributed by atoms with Gasteiger partial charge in [0.15, 0.2) is 0 Å². The molecule has 0 atom stereocenters. The lowest BCUT2D eigenvalue weighted by atomic mass is 11.5. The molecule has 0 radical (unpaired) electrons. The maximum Gasteiger partial charge on any atom is 0.254 e. The molecular formula is CH2BrF3N+. The fourth-order valence-corrected chi connectivity index (χ4v) is 0. The molecule has 0 aliphatic heterocycles. The third kappa shape index (κ3) is 4.23. The second-order valence-electron chi connectivity index (χ2n) is 0.670. The Morgan fingerprint density at radius 2 is 1.50 bits per heavy atom. The molecular weight excluding hydrogens is 163 g/mol. The zero-order valence-electron chi connectivity index (χ0n) is 2.67. The monoisotopic (exact) mass is 164 g/mol. The Bertz CT molecular complexity index is 40.5. The Balaban J connectivity index is 3.17. The average molecular weight is 165 g/mol. The largest absolute Gasteiger partial charge is 0.254 e. The van der Waals surface area contributed by atoms with Crippen LogP contribution < -0.4 is 0 Å². The van der Waals surface area contributed by atoms with Gasteiger partial charge in [-0.3, -0.25) is 0 Å². The Labute approximate surface area is 40.9 Å². The summed E-state index contributed by atoms with van der Waals surface area (Å²) < 4.78 is 32.0. The lowest BCUT2D eigenvalue weighted by Crippen LogP contribution is -2.14.